The lowest BCUT2D eigenvalue weighted by molar-refractivity contribution is -0.144. The quantitative estimate of drug-likeness (QED) is 0.774. The maximum absolute atomic E-state index is 11.8. The van der Waals surface area contributed by atoms with Gasteiger partial charge in [-0.1, -0.05) is 0 Å². The topological polar surface area (TPSA) is 73.9 Å². The molecule has 1 rings (SSSR count). The number of hydrogen-bond donors (Lipinski definition) is 1. The highest BCUT2D eigenvalue weighted by Gasteiger charge is 2.11. The zero-order valence-electron chi connectivity index (χ0n) is 11.9. The number of carbonyl (C=O) groups excluding carboxylic acids is 2. The van der Waals surface area contributed by atoms with Crippen LogP contribution in [0.15, 0.2) is 18.2 Å². The van der Waals surface area contributed by atoms with Crippen molar-refractivity contribution in [3.63, 3.8) is 0 Å². The van der Waals surface area contributed by atoms with Crippen LogP contribution in [0.3, 0.4) is 0 Å². The monoisotopic (exact) mass is 281 g/mol. The minimum absolute atomic E-state index is 0.0476. The summed E-state index contributed by atoms with van der Waals surface area (Å²) in [4.78, 5) is 23.0. The van der Waals surface area contributed by atoms with Gasteiger partial charge in [0.05, 0.1) is 32.9 Å². The predicted molar refractivity (Wildman–Crippen MR) is 74.0 cm³/mol. The number of amides is 1. The van der Waals surface area contributed by atoms with Crippen LogP contribution in [0, 0.1) is 0 Å². The smallest absolute Gasteiger partial charge is 0.306 e. The van der Waals surface area contributed by atoms with Crippen LogP contribution in [0.2, 0.25) is 0 Å². The first-order chi connectivity index (χ1) is 9.60. The van der Waals surface area contributed by atoms with Gasteiger partial charge in [-0.3, -0.25) is 9.59 Å². The first-order valence-corrected chi connectivity index (χ1v) is 6.28. The number of benzene rings is 1. The number of esters is 1. The molecular weight excluding hydrogens is 262 g/mol. The summed E-state index contributed by atoms with van der Waals surface area (Å²) < 4.78 is 15.0. The lowest BCUT2D eigenvalue weighted by Crippen LogP contribution is -2.15. The van der Waals surface area contributed by atoms with Gasteiger partial charge >= 0.3 is 5.97 Å². The number of ether oxygens (including phenoxy) is 3. The van der Waals surface area contributed by atoms with Crippen molar-refractivity contribution in [2.24, 2.45) is 0 Å². The lowest BCUT2D eigenvalue weighted by Gasteiger charge is -2.11. The van der Waals surface area contributed by atoms with Gasteiger partial charge in [-0.25, -0.2) is 0 Å². The number of nitrogens with one attached hydrogen (secondary N) is 1. The Morgan fingerprint density at radius 1 is 1.15 bits per heavy atom. The van der Waals surface area contributed by atoms with Crippen LogP contribution in [-0.2, 0) is 14.3 Å². The predicted octanol–water partition coefficient (Wildman–Crippen LogP) is 1.99. The van der Waals surface area contributed by atoms with Crippen LogP contribution in [-0.4, -0.2) is 32.7 Å². The minimum atomic E-state index is -0.389. The highest BCUT2D eigenvalue weighted by molar-refractivity contribution is 5.94. The summed E-state index contributed by atoms with van der Waals surface area (Å²) in [5, 5.41) is 2.68. The van der Waals surface area contributed by atoms with Gasteiger partial charge < -0.3 is 19.5 Å². The third-order valence-corrected chi connectivity index (χ3v) is 2.54. The number of rotatable bonds is 7. The van der Waals surface area contributed by atoms with Crippen LogP contribution >= 0.6 is 0 Å². The summed E-state index contributed by atoms with van der Waals surface area (Å²) >= 11 is 0. The van der Waals surface area contributed by atoms with Gasteiger partial charge in [-0.2, -0.15) is 0 Å². The molecule has 1 N–H and O–H groups in total. The second kappa shape index (κ2) is 8.04. The number of carbonyl (C=O) groups is 2. The van der Waals surface area contributed by atoms with Gasteiger partial charge in [0.15, 0.2) is 0 Å². The van der Waals surface area contributed by atoms with Gasteiger partial charge in [0.1, 0.15) is 11.5 Å². The molecule has 0 spiro atoms. The van der Waals surface area contributed by atoms with E-state index in [-0.39, 0.29) is 24.7 Å². The van der Waals surface area contributed by atoms with Crippen molar-refractivity contribution in [2.45, 2.75) is 19.8 Å². The largest absolute Gasteiger partial charge is 0.497 e. The Kier molecular flexibility index (Phi) is 6.36. The van der Waals surface area contributed by atoms with Crippen molar-refractivity contribution >= 4 is 17.6 Å². The Balaban J connectivity index is 2.62. The molecule has 0 aliphatic rings. The molecule has 0 fully saturated rings. The fourth-order valence-electron chi connectivity index (χ4n) is 1.57. The molecule has 20 heavy (non-hydrogen) atoms. The molecule has 0 aliphatic carbocycles. The third-order valence-electron chi connectivity index (χ3n) is 2.54. The highest BCUT2D eigenvalue weighted by Crippen LogP contribution is 2.28. The van der Waals surface area contributed by atoms with Gasteiger partial charge in [-0.05, 0) is 19.1 Å². The van der Waals surface area contributed by atoms with Crippen molar-refractivity contribution in [2.75, 3.05) is 26.1 Å². The molecule has 110 valence electrons. The molecule has 0 aromatic heterocycles. The van der Waals surface area contributed by atoms with Gasteiger partial charge in [-0.15, -0.1) is 0 Å². The summed E-state index contributed by atoms with van der Waals surface area (Å²) in [6, 6.07) is 5.08. The summed E-state index contributed by atoms with van der Waals surface area (Å²) in [6.45, 7) is 2.03. The molecule has 0 radical (unpaired) electrons. The van der Waals surface area contributed by atoms with Crippen molar-refractivity contribution in [3.05, 3.63) is 18.2 Å². The summed E-state index contributed by atoms with van der Waals surface area (Å²) in [6.07, 6.45) is 0.102. The Hall–Kier alpha value is -2.24. The second-order valence-electron chi connectivity index (χ2n) is 3.92. The van der Waals surface area contributed by atoms with Crippen molar-refractivity contribution in [1.29, 1.82) is 0 Å². The molecule has 6 nitrogen and oxygen atoms in total. The molecule has 0 unspecified atom stereocenters. The highest BCUT2D eigenvalue weighted by atomic mass is 16.5. The molecule has 1 amide bonds. The number of anilines is 1. The van der Waals surface area contributed by atoms with E-state index in [1.165, 1.54) is 14.2 Å². The van der Waals surface area contributed by atoms with E-state index < -0.39 is 0 Å². The van der Waals surface area contributed by atoms with Crippen LogP contribution in [0.1, 0.15) is 19.8 Å². The maximum atomic E-state index is 11.8. The van der Waals surface area contributed by atoms with Crippen LogP contribution in [0.5, 0.6) is 11.5 Å². The molecule has 0 atom stereocenters. The second-order valence-corrected chi connectivity index (χ2v) is 3.92. The minimum Gasteiger partial charge on any atom is -0.497 e. The van der Waals surface area contributed by atoms with E-state index in [0.29, 0.717) is 23.8 Å². The van der Waals surface area contributed by atoms with Crippen molar-refractivity contribution in [1.82, 2.24) is 0 Å². The van der Waals surface area contributed by atoms with E-state index in [4.69, 9.17) is 14.2 Å². The van der Waals surface area contributed by atoms with E-state index in [9.17, 15) is 9.59 Å². The SMILES string of the molecule is CCOC(=O)CCC(=O)Nc1cc(OC)ccc1OC. The Bertz CT molecular complexity index is 473. The fourth-order valence-corrected chi connectivity index (χ4v) is 1.57. The first-order valence-electron chi connectivity index (χ1n) is 6.28. The molecular formula is C14H19NO5. The van der Waals surface area contributed by atoms with E-state index in [1.807, 2.05) is 0 Å². The number of methoxy groups -OCH3 is 2. The summed E-state index contributed by atoms with van der Waals surface area (Å²) in [7, 11) is 3.05. The van der Waals surface area contributed by atoms with E-state index in [1.54, 1.807) is 25.1 Å². The molecule has 6 heteroatoms. The van der Waals surface area contributed by atoms with Crippen LogP contribution in [0.25, 0.3) is 0 Å². The third kappa shape index (κ3) is 4.79. The molecule has 1 aromatic carbocycles. The Labute approximate surface area is 118 Å². The molecule has 1 aromatic rings. The first kappa shape index (κ1) is 15.8. The van der Waals surface area contributed by atoms with Gasteiger partial charge in [0.2, 0.25) is 5.91 Å². The molecule has 0 bridgehead atoms. The van der Waals surface area contributed by atoms with Crippen molar-refractivity contribution < 1.29 is 23.8 Å². The zero-order valence-corrected chi connectivity index (χ0v) is 11.9. The van der Waals surface area contributed by atoms with E-state index in [2.05, 4.69) is 5.32 Å². The summed E-state index contributed by atoms with van der Waals surface area (Å²) in [5.41, 5.74) is 0.501. The van der Waals surface area contributed by atoms with Crippen LogP contribution < -0.4 is 14.8 Å². The van der Waals surface area contributed by atoms with Gasteiger partial charge in [0.25, 0.3) is 0 Å². The fraction of sp³-hybridized carbons (Fsp3) is 0.429. The average Bonchev–Trinajstić information content (AvgIpc) is 2.45. The zero-order chi connectivity index (χ0) is 15.0. The van der Waals surface area contributed by atoms with Gasteiger partial charge in [0, 0.05) is 12.5 Å². The molecule has 0 saturated carbocycles. The Morgan fingerprint density at radius 3 is 2.50 bits per heavy atom. The maximum Gasteiger partial charge on any atom is 0.306 e. The summed E-state index contributed by atoms with van der Waals surface area (Å²) in [5.74, 6) is 0.451. The normalized spacial score (nSPS) is 9.75. The average molecular weight is 281 g/mol. The molecule has 0 heterocycles. The molecule has 0 aliphatic heterocycles. The lowest BCUT2D eigenvalue weighted by atomic mass is 10.2. The van der Waals surface area contributed by atoms with E-state index >= 15 is 0 Å². The van der Waals surface area contributed by atoms with E-state index in [0.717, 1.165) is 0 Å². The standard InChI is InChI=1S/C14H19NO5/c1-4-20-14(17)8-7-13(16)15-11-9-10(18-2)5-6-12(11)19-3/h5-6,9H,4,7-8H2,1-3H3,(H,15,16). The molecule has 0 saturated heterocycles. The Morgan fingerprint density at radius 2 is 1.90 bits per heavy atom. The van der Waals surface area contributed by atoms with Crippen LogP contribution in [0.4, 0.5) is 5.69 Å². The van der Waals surface area contributed by atoms with Crippen molar-refractivity contribution in [3.8, 4) is 11.5 Å². The number of hydrogen-bond acceptors (Lipinski definition) is 5.